The molecule has 1 aromatic carbocycles. The molecule has 94 valence electrons. The van der Waals surface area contributed by atoms with Crippen molar-refractivity contribution in [3.05, 3.63) is 29.3 Å². The van der Waals surface area contributed by atoms with E-state index in [1.165, 1.54) is 0 Å². The molecule has 1 rings (SSSR count). The minimum atomic E-state index is -0.297. The summed E-state index contributed by atoms with van der Waals surface area (Å²) in [4.78, 5) is 13.9. The van der Waals surface area contributed by atoms with E-state index in [1.807, 2.05) is 26.8 Å². The number of hydrogen-bond donors (Lipinski definition) is 1. The number of benzene rings is 1. The number of carbonyl (C=O) groups is 1. The zero-order valence-electron chi connectivity index (χ0n) is 10.6. The summed E-state index contributed by atoms with van der Waals surface area (Å²) in [6.07, 6.45) is 0. The molecule has 3 nitrogen and oxygen atoms in total. The zero-order valence-corrected chi connectivity index (χ0v) is 12.2. The number of phenolic OH excluding ortho intramolecular Hbond substituents is 1. The Kier molecular flexibility index (Phi) is 4.20. The molecule has 1 amide bonds. The smallest absolute Gasteiger partial charge is 0.257 e. The van der Waals surface area contributed by atoms with E-state index in [-0.39, 0.29) is 17.2 Å². The van der Waals surface area contributed by atoms with Crippen molar-refractivity contribution in [2.45, 2.75) is 26.3 Å². The topological polar surface area (TPSA) is 40.5 Å². The average Bonchev–Trinajstić information content (AvgIpc) is 2.27. The largest absolute Gasteiger partial charge is 0.507 e. The Hall–Kier alpha value is -1.03. The molecule has 1 aromatic rings. The Bertz CT molecular complexity index is 429. The fourth-order valence-electron chi connectivity index (χ4n) is 1.37. The SMILES string of the molecule is Cc1ccc(C(=O)N(C)C(C)(C)CBr)c(O)c1. The number of carbonyl (C=O) groups excluding carboxylic acids is 1. The summed E-state index contributed by atoms with van der Waals surface area (Å²) in [5.74, 6) is -0.140. The predicted molar refractivity (Wildman–Crippen MR) is 72.8 cm³/mol. The summed E-state index contributed by atoms with van der Waals surface area (Å²) in [5.41, 5.74) is 0.975. The first-order chi connectivity index (χ1) is 7.79. The Morgan fingerprint density at radius 3 is 2.53 bits per heavy atom. The van der Waals surface area contributed by atoms with Gasteiger partial charge in [-0.1, -0.05) is 22.0 Å². The van der Waals surface area contributed by atoms with Crippen molar-refractivity contribution in [2.75, 3.05) is 12.4 Å². The van der Waals surface area contributed by atoms with Gasteiger partial charge in [0.1, 0.15) is 5.75 Å². The van der Waals surface area contributed by atoms with Crippen LogP contribution in [0.15, 0.2) is 18.2 Å². The molecular formula is C13H18BrNO2. The van der Waals surface area contributed by atoms with E-state index in [0.29, 0.717) is 10.9 Å². The number of rotatable bonds is 3. The summed E-state index contributed by atoms with van der Waals surface area (Å²) in [6, 6.07) is 5.08. The van der Waals surface area contributed by atoms with Gasteiger partial charge in [0.15, 0.2) is 0 Å². The molecule has 0 saturated carbocycles. The summed E-state index contributed by atoms with van der Waals surface area (Å²) in [6.45, 7) is 5.80. The number of hydrogen-bond acceptors (Lipinski definition) is 2. The second-order valence-electron chi connectivity index (χ2n) is 4.83. The van der Waals surface area contributed by atoms with Crippen LogP contribution in [0.4, 0.5) is 0 Å². The molecule has 0 radical (unpaired) electrons. The first kappa shape index (κ1) is 14.0. The Labute approximate surface area is 111 Å². The normalized spacial score (nSPS) is 11.4. The fourth-order valence-corrected chi connectivity index (χ4v) is 1.74. The van der Waals surface area contributed by atoms with Gasteiger partial charge in [-0.3, -0.25) is 4.79 Å². The highest BCUT2D eigenvalue weighted by Gasteiger charge is 2.28. The molecule has 0 bridgehead atoms. The lowest BCUT2D eigenvalue weighted by Crippen LogP contribution is -2.46. The minimum Gasteiger partial charge on any atom is -0.507 e. The highest BCUT2D eigenvalue weighted by Crippen LogP contribution is 2.24. The van der Waals surface area contributed by atoms with Crippen LogP contribution in [0.2, 0.25) is 0 Å². The molecule has 0 heterocycles. The van der Waals surface area contributed by atoms with Crippen molar-refractivity contribution >= 4 is 21.8 Å². The van der Waals surface area contributed by atoms with Gasteiger partial charge >= 0.3 is 0 Å². The summed E-state index contributed by atoms with van der Waals surface area (Å²) < 4.78 is 0. The Balaban J connectivity index is 3.05. The molecule has 0 atom stereocenters. The van der Waals surface area contributed by atoms with Gasteiger partial charge in [-0.15, -0.1) is 0 Å². The van der Waals surface area contributed by atoms with Gasteiger partial charge < -0.3 is 10.0 Å². The van der Waals surface area contributed by atoms with Crippen LogP contribution in [0.25, 0.3) is 0 Å². The van der Waals surface area contributed by atoms with Gasteiger partial charge in [-0.05, 0) is 38.5 Å². The monoisotopic (exact) mass is 299 g/mol. The highest BCUT2D eigenvalue weighted by molar-refractivity contribution is 9.09. The second-order valence-corrected chi connectivity index (χ2v) is 5.39. The number of amides is 1. The van der Waals surface area contributed by atoms with Gasteiger partial charge in [0.05, 0.1) is 5.56 Å². The molecule has 0 saturated heterocycles. The third-order valence-electron chi connectivity index (χ3n) is 2.92. The van der Waals surface area contributed by atoms with Crippen molar-refractivity contribution in [1.82, 2.24) is 4.90 Å². The van der Waals surface area contributed by atoms with E-state index in [4.69, 9.17) is 0 Å². The summed E-state index contributed by atoms with van der Waals surface area (Å²) >= 11 is 3.39. The van der Waals surface area contributed by atoms with Crippen LogP contribution in [0.5, 0.6) is 5.75 Å². The van der Waals surface area contributed by atoms with Crippen LogP contribution in [0.1, 0.15) is 29.8 Å². The maximum absolute atomic E-state index is 12.2. The molecule has 4 heteroatoms. The van der Waals surface area contributed by atoms with Crippen molar-refractivity contribution in [2.24, 2.45) is 0 Å². The molecule has 0 aliphatic rings. The highest BCUT2D eigenvalue weighted by atomic mass is 79.9. The Morgan fingerprint density at radius 2 is 2.06 bits per heavy atom. The maximum atomic E-state index is 12.2. The lowest BCUT2D eigenvalue weighted by Gasteiger charge is -2.34. The quantitative estimate of drug-likeness (QED) is 0.872. The van der Waals surface area contributed by atoms with Crippen LogP contribution in [-0.2, 0) is 0 Å². The first-order valence-electron chi connectivity index (χ1n) is 5.43. The average molecular weight is 300 g/mol. The van der Waals surface area contributed by atoms with Gasteiger partial charge in [0, 0.05) is 17.9 Å². The number of nitrogens with zero attached hydrogens (tertiary/aromatic N) is 1. The van der Waals surface area contributed by atoms with Crippen molar-refractivity contribution in [1.29, 1.82) is 0 Å². The molecule has 0 spiro atoms. The van der Waals surface area contributed by atoms with E-state index >= 15 is 0 Å². The lowest BCUT2D eigenvalue weighted by molar-refractivity contribution is 0.0660. The summed E-state index contributed by atoms with van der Waals surface area (Å²) in [5, 5.41) is 10.5. The third-order valence-corrected chi connectivity index (χ3v) is 4.30. The molecule has 0 aliphatic heterocycles. The van der Waals surface area contributed by atoms with Crippen LogP contribution < -0.4 is 0 Å². The molecule has 0 aromatic heterocycles. The van der Waals surface area contributed by atoms with Crippen molar-refractivity contribution in [3.63, 3.8) is 0 Å². The number of aromatic hydroxyl groups is 1. The van der Waals surface area contributed by atoms with Crippen LogP contribution in [0.3, 0.4) is 0 Å². The van der Waals surface area contributed by atoms with E-state index in [2.05, 4.69) is 15.9 Å². The van der Waals surface area contributed by atoms with E-state index in [1.54, 1.807) is 24.1 Å². The van der Waals surface area contributed by atoms with Crippen molar-refractivity contribution in [3.8, 4) is 5.75 Å². The minimum absolute atomic E-state index is 0.0345. The van der Waals surface area contributed by atoms with Crippen LogP contribution in [-0.4, -0.2) is 33.8 Å². The molecule has 0 unspecified atom stereocenters. The second kappa shape index (κ2) is 5.08. The number of halogens is 1. The van der Waals surface area contributed by atoms with Gasteiger partial charge in [-0.2, -0.15) is 0 Å². The third kappa shape index (κ3) is 3.00. The van der Waals surface area contributed by atoms with Gasteiger partial charge in [0.25, 0.3) is 5.91 Å². The molecular weight excluding hydrogens is 282 g/mol. The fraction of sp³-hybridized carbons (Fsp3) is 0.462. The van der Waals surface area contributed by atoms with E-state index < -0.39 is 0 Å². The number of phenols is 1. The zero-order chi connectivity index (χ0) is 13.2. The molecule has 1 N–H and O–H groups in total. The van der Waals surface area contributed by atoms with Gasteiger partial charge in [0.2, 0.25) is 0 Å². The predicted octanol–water partition coefficient (Wildman–Crippen LogP) is 2.95. The Morgan fingerprint density at radius 1 is 1.47 bits per heavy atom. The van der Waals surface area contributed by atoms with Crippen LogP contribution >= 0.6 is 15.9 Å². The number of alkyl halides is 1. The number of aryl methyl sites for hydroxylation is 1. The first-order valence-corrected chi connectivity index (χ1v) is 6.55. The van der Waals surface area contributed by atoms with Gasteiger partial charge in [-0.25, -0.2) is 0 Å². The summed E-state index contributed by atoms with van der Waals surface area (Å²) in [7, 11) is 1.74. The molecule has 0 fully saturated rings. The van der Waals surface area contributed by atoms with E-state index in [0.717, 1.165) is 5.56 Å². The van der Waals surface area contributed by atoms with Crippen molar-refractivity contribution < 1.29 is 9.90 Å². The molecule has 0 aliphatic carbocycles. The van der Waals surface area contributed by atoms with Crippen LogP contribution in [0, 0.1) is 6.92 Å². The van der Waals surface area contributed by atoms with E-state index in [9.17, 15) is 9.90 Å². The molecule has 17 heavy (non-hydrogen) atoms. The lowest BCUT2D eigenvalue weighted by atomic mass is 10.0. The standard InChI is InChI=1S/C13H18BrNO2/c1-9-5-6-10(11(16)7-9)12(17)15(4)13(2,3)8-14/h5-7,16H,8H2,1-4H3. The maximum Gasteiger partial charge on any atom is 0.257 e.